The minimum Gasteiger partial charge on any atom is -0.389 e. The second kappa shape index (κ2) is 3.17. The molecule has 0 bridgehead atoms. The van der Waals surface area contributed by atoms with Gasteiger partial charge in [0.05, 0.1) is 17.1 Å². The number of nitrogens with zero attached hydrogens (tertiary/aromatic N) is 1. The van der Waals surface area contributed by atoms with E-state index in [9.17, 15) is 9.90 Å². The minimum absolute atomic E-state index is 0.133. The predicted octanol–water partition coefficient (Wildman–Crippen LogP) is 1.37. The third-order valence-electron chi connectivity index (χ3n) is 4.75. The lowest BCUT2D eigenvalue weighted by Gasteiger charge is -2.40. The van der Waals surface area contributed by atoms with E-state index in [2.05, 4.69) is 4.90 Å². The highest BCUT2D eigenvalue weighted by Crippen LogP contribution is 2.55. The molecule has 0 aliphatic heterocycles. The Bertz CT molecular complexity index is 381. The normalized spacial score (nSPS) is 43.4. The van der Waals surface area contributed by atoms with Gasteiger partial charge in [0.1, 0.15) is 0 Å². The van der Waals surface area contributed by atoms with Gasteiger partial charge in [-0.2, -0.15) is 0 Å². The Morgan fingerprint density at radius 3 is 2.31 bits per heavy atom. The topological polar surface area (TPSA) is 40.5 Å². The van der Waals surface area contributed by atoms with E-state index in [4.69, 9.17) is 0 Å². The molecule has 90 valence electrons. The molecule has 0 heterocycles. The largest absolute Gasteiger partial charge is 0.389 e. The number of hydrogen-bond acceptors (Lipinski definition) is 3. The summed E-state index contributed by atoms with van der Waals surface area (Å²) in [5, 5.41) is 10.4. The summed E-state index contributed by atoms with van der Waals surface area (Å²) >= 11 is 0. The van der Waals surface area contributed by atoms with E-state index in [1.807, 2.05) is 27.9 Å². The molecule has 3 nitrogen and oxygen atoms in total. The van der Waals surface area contributed by atoms with Crippen LogP contribution in [0.1, 0.15) is 33.6 Å². The molecule has 16 heavy (non-hydrogen) atoms. The van der Waals surface area contributed by atoms with Gasteiger partial charge in [-0.1, -0.05) is 0 Å². The van der Waals surface area contributed by atoms with Gasteiger partial charge < -0.3 is 5.11 Å². The lowest BCUT2D eigenvalue weighted by atomic mass is 9.79. The molecule has 0 spiro atoms. The highest BCUT2D eigenvalue weighted by Gasteiger charge is 2.63. The van der Waals surface area contributed by atoms with Crippen LogP contribution >= 0.6 is 0 Å². The molecule has 1 saturated carbocycles. The number of Topliss-reactive ketones (excluding diaryl/α,β-unsaturated/α-hetero) is 1. The van der Waals surface area contributed by atoms with Crippen LogP contribution in [0.3, 0.4) is 0 Å². The van der Waals surface area contributed by atoms with Crippen molar-refractivity contribution in [1.82, 2.24) is 4.90 Å². The Hall–Kier alpha value is -0.670. The van der Waals surface area contributed by atoms with E-state index in [1.54, 1.807) is 6.92 Å². The number of carbonyl (C=O) groups excluding carboxylic acids is 1. The molecule has 2 aliphatic rings. The monoisotopic (exact) mass is 223 g/mol. The molecule has 3 atom stereocenters. The van der Waals surface area contributed by atoms with Gasteiger partial charge in [-0.25, -0.2) is 0 Å². The molecule has 1 N–H and O–H groups in total. The first-order valence-corrected chi connectivity index (χ1v) is 5.87. The summed E-state index contributed by atoms with van der Waals surface area (Å²) in [6.45, 7) is 5.72. The summed E-state index contributed by atoms with van der Waals surface area (Å²) in [7, 11) is 4.01. The zero-order valence-corrected chi connectivity index (χ0v) is 10.8. The number of allylic oxidation sites excluding steroid dienone is 1. The maximum absolute atomic E-state index is 12.3. The molecule has 2 rings (SSSR count). The quantitative estimate of drug-likeness (QED) is 0.730. The van der Waals surface area contributed by atoms with Crippen molar-refractivity contribution in [3.05, 3.63) is 11.1 Å². The third kappa shape index (κ3) is 1.13. The first kappa shape index (κ1) is 11.8. The van der Waals surface area contributed by atoms with Gasteiger partial charge in [0, 0.05) is 0 Å². The smallest absolute Gasteiger partial charge is 0.166 e. The fourth-order valence-electron chi connectivity index (χ4n) is 3.69. The molecule has 1 unspecified atom stereocenters. The molecule has 1 fully saturated rings. The van der Waals surface area contributed by atoms with Gasteiger partial charge in [-0.3, -0.25) is 9.69 Å². The van der Waals surface area contributed by atoms with Gasteiger partial charge in [0.25, 0.3) is 0 Å². The number of aliphatic hydroxyl groups is 1. The van der Waals surface area contributed by atoms with Crippen LogP contribution in [0.4, 0.5) is 0 Å². The van der Waals surface area contributed by atoms with Gasteiger partial charge in [0.15, 0.2) is 5.78 Å². The van der Waals surface area contributed by atoms with Crippen LogP contribution in [-0.2, 0) is 4.79 Å². The molecule has 0 amide bonds. The van der Waals surface area contributed by atoms with Gasteiger partial charge in [-0.15, -0.1) is 0 Å². The number of fused-ring (bicyclic) bond motifs is 1. The Kier molecular flexibility index (Phi) is 2.34. The van der Waals surface area contributed by atoms with Crippen molar-refractivity contribution in [3.8, 4) is 0 Å². The first-order valence-electron chi connectivity index (χ1n) is 5.87. The summed E-state index contributed by atoms with van der Waals surface area (Å²) in [5.74, 6) is -0.149. The van der Waals surface area contributed by atoms with E-state index < -0.39 is 5.60 Å². The number of likely N-dealkylation sites (N-methyl/N-ethyl adjacent to an activating group) is 1. The van der Waals surface area contributed by atoms with Crippen LogP contribution in [0.25, 0.3) is 0 Å². The van der Waals surface area contributed by atoms with Crippen LogP contribution in [-0.4, -0.2) is 41.0 Å². The maximum Gasteiger partial charge on any atom is 0.166 e. The van der Waals surface area contributed by atoms with E-state index in [0.29, 0.717) is 6.42 Å². The predicted molar refractivity (Wildman–Crippen MR) is 63.1 cm³/mol. The van der Waals surface area contributed by atoms with Crippen molar-refractivity contribution in [2.75, 3.05) is 14.1 Å². The van der Waals surface area contributed by atoms with E-state index in [1.165, 1.54) is 0 Å². The van der Waals surface area contributed by atoms with Crippen LogP contribution in [0.2, 0.25) is 0 Å². The van der Waals surface area contributed by atoms with Crippen molar-refractivity contribution in [3.63, 3.8) is 0 Å². The van der Waals surface area contributed by atoms with Crippen LogP contribution in [0.15, 0.2) is 11.1 Å². The van der Waals surface area contributed by atoms with Crippen molar-refractivity contribution in [1.29, 1.82) is 0 Å². The molecule has 0 aromatic heterocycles. The Morgan fingerprint density at radius 1 is 1.31 bits per heavy atom. The lowest BCUT2D eigenvalue weighted by molar-refractivity contribution is -0.127. The SMILES string of the molecule is CC1=C(C)[C@]2(N(C)C)CC[C@@](C)(O)C2C1=O. The number of rotatable bonds is 1. The lowest BCUT2D eigenvalue weighted by Crippen LogP contribution is -2.52. The molecule has 0 aromatic carbocycles. The van der Waals surface area contributed by atoms with E-state index in [-0.39, 0.29) is 17.2 Å². The zero-order valence-electron chi connectivity index (χ0n) is 10.8. The second-order valence-corrected chi connectivity index (χ2v) is 5.72. The second-order valence-electron chi connectivity index (χ2n) is 5.72. The average molecular weight is 223 g/mol. The van der Waals surface area contributed by atoms with Gasteiger partial charge >= 0.3 is 0 Å². The maximum atomic E-state index is 12.3. The Labute approximate surface area is 97.1 Å². The van der Waals surface area contributed by atoms with Gasteiger partial charge in [0.2, 0.25) is 0 Å². The molecule has 3 heteroatoms. The van der Waals surface area contributed by atoms with Gasteiger partial charge in [-0.05, 0) is 58.9 Å². The summed E-state index contributed by atoms with van der Waals surface area (Å²) in [5.41, 5.74) is 0.884. The van der Waals surface area contributed by atoms with Crippen molar-refractivity contribution >= 4 is 5.78 Å². The highest BCUT2D eigenvalue weighted by atomic mass is 16.3. The Balaban J connectivity index is 2.60. The Morgan fingerprint density at radius 2 is 1.88 bits per heavy atom. The molecular formula is C13H21NO2. The van der Waals surface area contributed by atoms with Crippen LogP contribution in [0, 0.1) is 5.92 Å². The number of carbonyl (C=O) groups is 1. The first-order chi connectivity index (χ1) is 7.25. The third-order valence-corrected chi connectivity index (χ3v) is 4.75. The van der Waals surface area contributed by atoms with Crippen LogP contribution in [0.5, 0.6) is 0 Å². The van der Waals surface area contributed by atoms with E-state index in [0.717, 1.165) is 17.6 Å². The molecule has 2 aliphatic carbocycles. The standard InChI is InChI=1S/C13H21NO2/c1-8-9(2)13(14(4)5)7-6-12(3,16)11(13)10(8)15/h11,16H,6-7H2,1-5H3/t11?,12-,13-/m1/s1. The fraction of sp³-hybridized carbons (Fsp3) is 0.769. The summed E-state index contributed by atoms with van der Waals surface area (Å²) in [6, 6.07) is 0. The average Bonchev–Trinajstić information content (AvgIpc) is 2.57. The minimum atomic E-state index is -0.861. The number of ketones is 1. The molecular weight excluding hydrogens is 202 g/mol. The fourth-order valence-corrected chi connectivity index (χ4v) is 3.69. The number of hydrogen-bond donors (Lipinski definition) is 1. The molecule has 0 saturated heterocycles. The van der Waals surface area contributed by atoms with Crippen LogP contribution < -0.4 is 0 Å². The molecule has 0 radical (unpaired) electrons. The van der Waals surface area contributed by atoms with E-state index >= 15 is 0 Å². The summed E-state index contributed by atoms with van der Waals surface area (Å²) in [6.07, 6.45) is 1.57. The molecule has 0 aromatic rings. The zero-order chi connectivity index (χ0) is 12.3. The van der Waals surface area contributed by atoms with Crippen molar-refractivity contribution < 1.29 is 9.90 Å². The summed E-state index contributed by atoms with van der Waals surface area (Å²) < 4.78 is 0. The van der Waals surface area contributed by atoms with Crippen molar-refractivity contribution in [2.45, 2.75) is 44.8 Å². The van der Waals surface area contributed by atoms with Crippen molar-refractivity contribution in [2.24, 2.45) is 5.92 Å². The highest BCUT2D eigenvalue weighted by molar-refractivity contribution is 6.03. The summed E-state index contributed by atoms with van der Waals surface area (Å²) in [4.78, 5) is 14.4.